The molecule has 1 atom stereocenters. The topological polar surface area (TPSA) is 71.3 Å². The van der Waals surface area contributed by atoms with E-state index in [9.17, 15) is 4.79 Å². The molecule has 1 fully saturated rings. The van der Waals surface area contributed by atoms with Crippen molar-refractivity contribution in [2.24, 2.45) is 0 Å². The number of aromatic nitrogens is 3. The van der Waals surface area contributed by atoms with Crippen LogP contribution < -0.4 is 10.6 Å². The summed E-state index contributed by atoms with van der Waals surface area (Å²) < 4.78 is 1.72. The number of anilines is 1. The average molecular weight is 231 g/mol. The second-order valence-corrected chi connectivity index (χ2v) is 4.12. The van der Waals surface area contributed by atoms with Gasteiger partial charge in [-0.15, -0.1) is 5.10 Å². The Morgan fingerprint density at radius 1 is 1.53 bits per heavy atom. The van der Waals surface area contributed by atoms with E-state index in [0.717, 1.165) is 12.1 Å². The summed E-state index contributed by atoms with van der Waals surface area (Å²) in [6.07, 6.45) is 3.34. The zero-order valence-electron chi connectivity index (χ0n) is 9.26. The van der Waals surface area contributed by atoms with Crippen molar-refractivity contribution < 1.29 is 4.79 Å². The van der Waals surface area contributed by atoms with Crippen molar-refractivity contribution in [2.75, 3.05) is 11.9 Å². The normalized spacial score (nSPS) is 19.5. The Hall–Kier alpha value is -2.11. The summed E-state index contributed by atoms with van der Waals surface area (Å²) in [7, 11) is 0. The van der Waals surface area contributed by atoms with Gasteiger partial charge < -0.3 is 10.6 Å². The maximum absolute atomic E-state index is 11.0. The highest BCUT2D eigenvalue weighted by Crippen LogP contribution is 2.08. The predicted octanol–water partition coefficient (Wildman–Crippen LogP) is 0.420. The van der Waals surface area contributed by atoms with Crippen LogP contribution in [0.5, 0.6) is 0 Å². The van der Waals surface area contributed by atoms with Crippen molar-refractivity contribution in [1.29, 1.82) is 0 Å². The zero-order chi connectivity index (χ0) is 11.7. The number of hydrogen-bond donors (Lipinski definition) is 2. The Balaban J connectivity index is 1.66. The van der Waals surface area contributed by atoms with Crippen molar-refractivity contribution in [1.82, 2.24) is 19.9 Å². The number of hydrogen-bond acceptors (Lipinski definition) is 4. The molecule has 2 aromatic rings. The van der Waals surface area contributed by atoms with Gasteiger partial charge >= 0.3 is 0 Å². The maximum atomic E-state index is 11.0. The molecular formula is C11H13N5O. The van der Waals surface area contributed by atoms with Gasteiger partial charge in [-0.2, -0.15) is 4.98 Å². The lowest BCUT2D eigenvalue weighted by atomic mass is 10.2. The molecule has 17 heavy (non-hydrogen) atoms. The average Bonchev–Trinajstić information content (AvgIpc) is 2.91. The number of rotatable bonds is 3. The summed E-state index contributed by atoms with van der Waals surface area (Å²) >= 11 is 0. The molecule has 6 nitrogen and oxygen atoms in total. The first-order chi connectivity index (χ1) is 8.31. The van der Waals surface area contributed by atoms with Crippen molar-refractivity contribution in [3.05, 3.63) is 24.4 Å². The molecule has 6 heteroatoms. The molecule has 2 N–H and O–H groups in total. The second-order valence-electron chi connectivity index (χ2n) is 4.12. The van der Waals surface area contributed by atoms with Crippen molar-refractivity contribution >= 4 is 17.5 Å². The van der Waals surface area contributed by atoms with Crippen LogP contribution in [-0.4, -0.2) is 33.1 Å². The van der Waals surface area contributed by atoms with E-state index in [1.54, 1.807) is 4.52 Å². The molecule has 0 aliphatic carbocycles. The Kier molecular flexibility index (Phi) is 2.40. The van der Waals surface area contributed by atoms with E-state index < -0.39 is 0 Å². The lowest BCUT2D eigenvalue weighted by Crippen LogP contribution is -2.32. The maximum Gasteiger partial charge on any atom is 0.243 e. The largest absolute Gasteiger partial charge is 0.352 e. The highest BCUT2D eigenvalue weighted by Gasteiger charge is 2.20. The summed E-state index contributed by atoms with van der Waals surface area (Å²) in [5, 5.41) is 10.3. The third kappa shape index (κ3) is 2.06. The summed E-state index contributed by atoms with van der Waals surface area (Å²) in [5.41, 5.74) is 0.811. The first kappa shape index (κ1) is 10.1. The van der Waals surface area contributed by atoms with Gasteiger partial charge in [0.15, 0.2) is 5.65 Å². The van der Waals surface area contributed by atoms with Gasteiger partial charge in [0.05, 0.1) is 0 Å². The molecule has 1 amide bonds. The fourth-order valence-corrected chi connectivity index (χ4v) is 1.95. The predicted molar refractivity (Wildman–Crippen MR) is 62.6 cm³/mol. The number of nitrogens with one attached hydrogen (secondary N) is 2. The second kappa shape index (κ2) is 4.04. The monoisotopic (exact) mass is 231 g/mol. The van der Waals surface area contributed by atoms with Gasteiger partial charge in [-0.05, 0) is 18.6 Å². The van der Waals surface area contributed by atoms with Crippen molar-refractivity contribution in [3.63, 3.8) is 0 Å². The summed E-state index contributed by atoms with van der Waals surface area (Å²) in [4.78, 5) is 15.4. The molecule has 0 aromatic carbocycles. The van der Waals surface area contributed by atoms with E-state index in [1.807, 2.05) is 24.4 Å². The fraction of sp³-hybridized carbons (Fsp3) is 0.364. The third-order valence-electron chi connectivity index (χ3n) is 2.83. The van der Waals surface area contributed by atoms with Crippen LogP contribution in [0.4, 0.5) is 5.95 Å². The molecule has 1 aliphatic rings. The molecule has 3 heterocycles. The van der Waals surface area contributed by atoms with Crippen LogP contribution in [0, 0.1) is 0 Å². The number of nitrogens with zero attached hydrogens (tertiary/aromatic N) is 3. The van der Waals surface area contributed by atoms with Crippen LogP contribution in [0.15, 0.2) is 24.4 Å². The minimum atomic E-state index is 0.125. The van der Waals surface area contributed by atoms with Crippen LogP contribution in [0.25, 0.3) is 5.65 Å². The minimum Gasteiger partial charge on any atom is -0.352 e. The van der Waals surface area contributed by atoms with E-state index in [-0.39, 0.29) is 11.9 Å². The van der Waals surface area contributed by atoms with Gasteiger partial charge in [-0.3, -0.25) is 4.79 Å². The van der Waals surface area contributed by atoms with Gasteiger partial charge in [0.1, 0.15) is 0 Å². The smallest absolute Gasteiger partial charge is 0.243 e. The Labute approximate surface area is 98.0 Å². The van der Waals surface area contributed by atoms with E-state index in [1.165, 1.54) is 0 Å². The van der Waals surface area contributed by atoms with Crippen LogP contribution in [-0.2, 0) is 4.79 Å². The molecule has 1 unspecified atom stereocenters. The number of amides is 1. The highest BCUT2D eigenvalue weighted by atomic mass is 16.1. The SMILES string of the molecule is O=C1CCC(CNc2nc3ccccn3n2)N1. The molecule has 88 valence electrons. The number of carbonyl (C=O) groups is 1. The highest BCUT2D eigenvalue weighted by molar-refractivity contribution is 5.78. The summed E-state index contributed by atoms with van der Waals surface area (Å²) in [5.74, 6) is 0.720. The van der Waals surface area contributed by atoms with Gasteiger partial charge in [-0.25, -0.2) is 4.52 Å². The molecule has 2 aromatic heterocycles. The van der Waals surface area contributed by atoms with Crippen LogP contribution >= 0.6 is 0 Å². The van der Waals surface area contributed by atoms with E-state index in [2.05, 4.69) is 20.7 Å². The standard InChI is InChI=1S/C11H13N5O/c17-10-5-4-8(13-10)7-12-11-14-9-3-1-2-6-16(9)15-11/h1-3,6,8H,4-5,7H2,(H,12,15)(H,13,17). The number of carbonyl (C=O) groups excluding carboxylic acids is 1. The first-order valence-electron chi connectivity index (χ1n) is 5.66. The lowest BCUT2D eigenvalue weighted by Gasteiger charge is -2.09. The molecule has 1 saturated heterocycles. The Morgan fingerprint density at radius 3 is 3.24 bits per heavy atom. The van der Waals surface area contributed by atoms with Gasteiger partial charge in [0.2, 0.25) is 11.9 Å². The zero-order valence-corrected chi connectivity index (χ0v) is 9.26. The number of pyridine rings is 1. The first-order valence-corrected chi connectivity index (χ1v) is 5.66. The van der Waals surface area contributed by atoms with E-state index >= 15 is 0 Å². The summed E-state index contributed by atoms with van der Waals surface area (Å²) in [6.45, 7) is 0.669. The third-order valence-corrected chi connectivity index (χ3v) is 2.83. The molecule has 0 spiro atoms. The molecule has 3 rings (SSSR count). The van der Waals surface area contributed by atoms with Crippen LogP contribution in [0.2, 0.25) is 0 Å². The fourth-order valence-electron chi connectivity index (χ4n) is 1.95. The van der Waals surface area contributed by atoms with E-state index in [0.29, 0.717) is 18.9 Å². The van der Waals surface area contributed by atoms with E-state index in [4.69, 9.17) is 0 Å². The Bertz CT molecular complexity index is 517. The molecule has 0 bridgehead atoms. The lowest BCUT2D eigenvalue weighted by molar-refractivity contribution is -0.119. The molecule has 0 radical (unpaired) electrons. The van der Waals surface area contributed by atoms with Crippen molar-refractivity contribution in [2.45, 2.75) is 18.9 Å². The molecule has 1 aliphatic heterocycles. The quantitative estimate of drug-likeness (QED) is 0.803. The summed E-state index contributed by atoms with van der Waals surface area (Å²) in [6, 6.07) is 5.91. The van der Waals surface area contributed by atoms with Crippen LogP contribution in [0.1, 0.15) is 12.8 Å². The van der Waals surface area contributed by atoms with Gasteiger partial charge in [0.25, 0.3) is 0 Å². The van der Waals surface area contributed by atoms with Crippen molar-refractivity contribution in [3.8, 4) is 0 Å². The number of fused-ring (bicyclic) bond motifs is 1. The minimum absolute atomic E-state index is 0.125. The molecule has 0 saturated carbocycles. The Morgan fingerprint density at radius 2 is 2.47 bits per heavy atom. The van der Waals surface area contributed by atoms with Gasteiger partial charge in [-0.1, -0.05) is 6.07 Å². The van der Waals surface area contributed by atoms with Crippen LogP contribution in [0.3, 0.4) is 0 Å². The molecular weight excluding hydrogens is 218 g/mol. The van der Waals surface area contributed by atoms with Gasteiger partial charge in [0, 0.05) is 25.2 Å².